The summed E-state index contributed by atoms with van der Waals surface area (Å²) < 4.78 is 7.51. The number of aromatic nitrogens is 2. The molecule has 0 unspecified atom stereocenters. The molecule has 0 saturated carbocycles. The minimum Gasteiger partial charge on any atom is -0.385 e. The van der Waals surface area contributed by atoms with E-state index in [2.05, 4.69) is 20.9 Å². The van der Waals surface area contributed by atoms with Gasteiger partial charge >= 0.3 is 0 Å². The molecule has 0 saturated heterocycles. The Morgan fingerprint density at radius 3 is 3.06 bits per heavy atom. The monoisotopic (exact) mass is 296 g/mol. The quantitative estimate of drug-likeness (QED) is 0.813. The number of halogens is 1. The Balaban J connectivity index is 2.37. The first-order valence-electron chi connectivity index (χ1n) is 5.36. The number of hydrogen-bond acceptors (Lipinski definition) is 3. The molecule has 0 fully saturated rings. The average Bonchev–Trinajstić information content (AvgIpc) is 2.32. The minimum absolute atomic E-state index is 0.00129. The fourth-order valence-electron chi connectivity index (χ4n) is 1.67. The molecule has 1 aromatic carbocycles. The number of hydrogen-bond donors (Lipinski definition) is 0. The van der Waals surface area contributed by atoms with E-state index >= 15 is 0 Å². The molecule has 5 heteroatoms. The van der Waals surface area contributed by atoms with E-state index in [1.807, 2.05) is 12.1 Å². The van der Waals surface area contributed by atoms with Crippen LogP contribution in [0.2, 0.25) is 0 Å². The maximum absolute atomic E-state index is 12.1. The van der Waals surface area contributed by atoms with Gasteiger partial charge in [0.1, 0.15) is 0 Å². The zero-order valence-corrected chi connectivity index (χ0v) is 11.1. The third-order valence-corrected chi connectivity index (χ3v) is 3.03. The number of rotatable bonds is 4. The van der Waals surface area contributed by atoms with Crippen molar-refractivity contribution in [2.24, 2.45) is 0 Å². The van der Waals surface area contributed by atoms with Crippen molar-refractivity contribution in [1.29, 1.82) is 0 Å². The van der Waals surface area contributed by atoms with Crippen LogP contribution in [0.25, 0.3) is 10.9 Å². The lowest BCUT2D eigenvalue weighted by Gasteiger charge is -2.06. The molecular weight excluding hydrogens is 284 g/mol. The molecule has 0 spiro atoms. The zero-order chi connectivity index (χ0) is 12.3. The minimum atomic E-state index is -0.00129. The molecule has 17 heavy (non-hydrogen) atoms. The topological polar surface area (TPSA) is 44.1 Å². The Morgan fingerprint density at radius 1 is 1.47 bits per heavy atom. The SMILES string of the molecule is COCCCn1cnc2cc(Br)ccc2c1=O. The van der Waals surface area contributed by atoms with E-state index in [0.29, 0.717) is 24.1 Å². The van der Waals surface area contributed by atoms with Gasteiger partial charge in [-0.2, -0.15) is 0 Å². The van der Waals surface area contributed by atoms with Crippen LogP contribution in [0.5, 0.6) is 0 Å². The van der Waals surface area contributed by atoms with Crippen LogP contribution >= 0.6 is 15.9 Å². The van der Waals surface area contributed by atoms with Gasteiger partial charge in [-0.05, 0) is 24.6 Å². The standard InChI is InChI=1S/C12H13BrN2O2/c1-17-6-2-5-15-8-14-11-7-9(13)3-4-10(11)12(15)16/h3-4,7-8H,2,5-6H2,1H3. The molecule has 0 aliphatic carbocycles. The molecule has 0 radical (unpaired) electrons. The van der Waals surface area contributed by atoms with E-state index in [1.165, 1.54) is 0 Å². The van der Waals surface area contributed by atoms with E-state index < -0.39 is 0 Å². The predicted molar refractivity (Wildman–Crippen MR) is 70.2 cm³/mol. The summed E-state index contributed by atoms with van der Waals surface area (Å²) in [5.74, 6) is 0. The van der Waals surface area contributed by atoms with Gasteiger partial charge in [0.15, 0.2) is 0 Å². The van der Waals surface area contributed by atoms with Gasteiger partial charge in [-0.3, -0.25) is 9.36 Å². The second-order valence-corrected chi connectivity index (χ2v) is 4.67. The van der Waals surface area contributed by atoms with Crippen molar-refractivity contribution in [3.05, 3.63) is 39.4 Å². The third kappa shape index (κ3) is 2.73. The number of benzene rings is 1. The highest BCUT2D eigenvalue weighted by Crippen LogP contribution is 2.14. The van der Waals surface area contributed by atoms with Gasteiger partial charge in [0, 0.05) is 24.7 Å². The summed E-state index contributed by atoms with van der Waals surface area (Å²) in [6.07, 6.45) is 2.40. The molecule has 0 bridgehead atoms. The van der Waals surface area contributed by atoms with E-state index in [-0.39, 0.29) is 5.56 Å². The molecule has 1 heterocycles. The lowest BCUT2D eigenvalue weighted by Crippen LogP contribution is -2.21. The molecule has 0 atom stereocenters. The van der Waals surface area contributed by atoms with E-state index in [0.717, 1.165) is 10.9 Å². The van der Waals surface area contributed by atoms with Crippen molar-refractivity contribution < 1.29 is 4.74 Å². The first kappa shape index (κ1) is 12.3. The first-order chi connectivity index (χ1) is 8.22. The Kier molecular flexibility index (Phi) is 3.91. The van der Waals surface area contributed by atoms with Crippen molar-refractivity contribution in [3.8, 4) is 0 Å². The normalized spacial score (nSPS) is 10.9. The summed E-state index contributed by atoms with van der Waals surface area (Å²) in [7, 11) is 1.65. The Morgan fingerprint density at radius 2 is 2.29 bits per heavy atom. The van der Waals surface area contributed by atoms with Gasteiger partial charge < -0.3 is 4.74 Å². The number of aryl methyl sites for hydroxylation is 1. The molecule has 2 rings (SSSR count). The molecule has 0 aliphatic rings. The first-order valence-corrected chi connectivity index (χ1v) is 6.15. The second-order valence-electron chi connectivity index (χ2n) is 3.75. The maximum atomic E-state index is 12.1. The molecular formula is C12H13BrN2O2. The van der Waals surface area contributed by atoms with Crippen molar-refractivity contribution in [3.63, 3.8) is 0 Å². The van der Waals surface area contributed by atoms with Crippen LogP contribution in [0, 0.1) is 0 Å². The fraction of sp³-hybridized carbons (Fsp3) is 0.333. The van der Waals surface area contributed by atoms with Gasteiger partial charge in [0.25, 0.3) is 5.56 Å². The highest BCUT2D eigenvalue weighted by molar-refractivity contribution is 9.10. The van der Waals surface area contributed by atoms with Crippen molar-refractivity contribution in [2.45, 2.75) is 13.0 Å². The molecule has 1 aromatic heterocycles. The Hall–Kier alpha value is -1.20. The van der Waals surface area contributed by atoms with Crippen LogP contribution in [0.15, 0.2) is 33.8 Å². The predicted octanol–water partition coefficient (Wildman–Crippen LogP) is 2.20. The third-order valence-electron chi connectivity index (χ3n) is 2.53. The number of methoxy groups -OCH3 is 1. The molecule has 4 nitrogen and oxygen atoms in total. The van der Waals surface area contributed by atoms with Crippen LogP contribution in [0.4, 0.5) is 0 Å². The number of ether oxygens (including phenoxy) is 1. The number of fused-ring (bicyclic) bond motifs is 1. The van der Waals surface area contributed by atoms with E-state index in [1.54, 1.807) is 24.1 Å². The summed E-state index contributed by atoms with van der Waals surface area (Å²) in [5, 5.41) is 0.646. The smallest absolute Gasteiger partial charge is 0.261 e. The molecule has 0 aliphatic heterocycles. The van der Waals surface area contributed by atoms with Crippen molar-refractivity contribution in [1.82, 2.24) is 9.55 Å². The van der Waals surface area contributed by atoms with Gasteiger partial charge in [0.2, 0.25) is 0 Å². The largest absolute Gasteiger partial charge is 0.385 e. The second kappa shape index (κ2) is 5.42. The summed E-state index contributed by atoms with van der Waals surface area (Å²) >= 11 is 3.36. The summed E-state index contributed by atoms with van der Waals surface area (Å²) in [6, 6.07) is 5.49. The van der Waals surface area contributed by atoms with Crippen LogP contribution in [0.3, 0.4) is 0 Å². The van der Waals surface area contributed by atoms with Gasteiger partial charge in [-0.25, -0.2) is 4.98 Å². The summed E-state index contributed by atoms with van der Waals surface area (Å²) in [4.78, 5) is 16.4. The molecule has 2 aromatic rings. The zero-order valence-electron chi connectivity index (χ0n) is 9.52. The fourth-order valence-corrected chi connectivity index (χ4v) is 2.02. The highest BCUT2D eigenvalue weighted by Gasteiger charge is 2.03. The Labute approximate surface area is 107 Å². The maximum Gasteiger partial charge on any atom is 0.261 e. The lowest BCUT2D eigenvalue weighted by atomic mass is 10.2. The van der Waals surface area contributed by atoms with Crippen LogP contribution in [-0.2, 0) is 11.3 Å². The molecule has 90 valence electrons. The summed E-state index contributed by atoms with van der Waals surface area (Å²) in [5.41, 5.74) is 0.714. The van der Waals surface area contributed by atoms with E-state index in [4.69, 9.17) is 4.74 Å². The van der Waals surface area contributed by atoms with Crippen LogP contribution in [-0.4, -0.2) is 23.3 Å². The van der Waals surface area contributed by atoms with Gasteiger partial charge in [0.05, 0.1) is 17.2 Å². The Bertz CT molecular complexity index is 580. The van der Waals surface area contributed by atoms with Crippen LogP contribution < -0.4 is 5.56 Å². The number of nitrogens with zero attached hydrogens (tertiary/aromatic N) is 2. The molecule has 0 N–H and O–H groups in total. The van der Waals surface area contributed by atoms with Crippen LogP contribution in [0.1, 0.15) is 6.42 Å². The van der Waals surface area contributed by atoms with Gasteiger partial charge in [-0.15, -0.1) is 0 Å². The van der Waals surface area contributed by atoms with Crippen molar-refractivity contribution >= 4 is 26.8 Å². The average molecular weight is 297 g/mol. The lowest BCUT2D eigenvalue weighted by molar-refractivity contribution is 0.190. The van der Waals surface area contributed by atoms with E-state index in [9.17, 15) is 4.79 Å². The summed E-state index contributed by atoms with van der Waals surface area (Å²) in [6.45, 7) is 1.27. The van der Waals surface area contributed by atoms with Crippen molar-refractivity contribution in [2.75, 3.05) is 13.7 Å². The molecule has 0 amide bonds. The highest BCUT2D eigenvalue weighted by atomic mass is 79.9. The van der Waals surface area contributed by atoms with Gasteiger partial charge in [-0.1, -0.05) is 15.9 Å².